The summed E-state index contributed by atoms with van der Waals surface area (Å²) in [5, 5.41) is 23.4. The monoisotopic (exact) mass is 300 g/mol. The molecule has 6 nitrogen and oxygen atoms in total. The SMILES string of the molecule is Cc1cc(OCC(O)CNCC(C)C)c(F)cc1[N+](=O)[O-]. The number of ether oxygens (including phenoxy) is 1. The largest absolute Gasteiger partial charge is 0.488 e. The molecule has 7 heteroatoms. The first-order valence-corrected chi connectivity index (χ1v) is 6.77. The van der Waals surface area contributed by atoms with E-state index in [4.69, 9.17) is 4.74 Å². The van der Waals surface area contributed by atoms with Gasteiger partial charge in [0, 0.05) is 12.1 Å². The van der Waals surface area contributed by atoms with Gasteiger partial charge in [-0.15, -0.1) is 0 Å². The highest BCUT2D eigenvalue weighted by Crippen LogP contribution is 2.26. The molecule has 0 amide bonds. The van der Waals surface area contributed by atoms with E-state index in [1.54, 1.807) is 0 Å². The van der Waals surface area contributed by atoms with Crippen LogP contribution in [0.3, 0.4) is 0 Å². The lowest BCUT2D eigenvalue weighted by Crippen LogP contribution is -2.33. The van der Waals surface area contributed by atoms with Crippen LogP contribution in [0.5, 0.6) is 5.75 Å². The second kappa shape index (κ2) is 7.90. The molecule has 0 heterocycles. The quantitative estimate of drug-likeness (QED) is 0.567. The third-order valence-corrected chi connectivity index (χ3v) is 2.81. The molecule has 1 unspecified atom stereocenters. The lowest BCUT2D eigenvalue weighted by atomic mass is 10.2. The maximum absolute atomic E-state index is 13.7. The van der Waals surface area contributed by atoms with E-state index in [9.17, 15) is 19.6 Å². The van der Waals surface area contributed by atoms with Crippen molar-refractivity contribution in [2.75, 3.05) is 19.7 Å². The summed E-state index contributed by atoms with van der Waals surface area (Å²) in [5.41, 5.74) is 0.0165. The minimum absolute atomic E-state index is 0.0841. The van der Waals surface area contributed by atoms with Gasteiger partial charge in [0.05, 0.1) is 11.0 Å². The zero-order chi connectivity index (χ0) is 16.0. The summed E-state index contributed by atoms with van der Waals surface area (Å²) < 4.78 is 18.9. The molecule has 0 saturated carbocycles. The Morgan fingerprint density at radius 2 is 2.10 bits per heavy atom. The van der Waals surface area contributed by atoms with Gasteiger partial charge < -0.3 is 15.2 Å². The van der Waals surface area contributed by atoms with Crippen molar-refractivity contribution in [3.63, 3.8) is 0 Å². The third-order valence-electron chi connectivity index (χ3n) is 2.81. The molecule has 0 aliphatic carbocycles. The number of rotatable bonds is 8. The maximum atomic E-state index is 13.7. The van der Waals surface area contributed by atoms with Gasteiger partial charge >= 0.3 is 0 Å². The molecule has 0 aromatic heterocycles. The van der Waals surface area contributed by atoms with Gasteiger partial charge in [-0.1, -0.05) is 13.8 Å². The molecule has 0 radical (unpaired) electrons. The molecule has 0 aliphatic rings. The predicted octanol–water partition coefficient (Wildman–Crippen LogP) is 2.03. The molecule has 1 aromatic carbocycles. The van der Waals surface area contributed by atoms with Gasteiger partial charge in [-0.3, -0.25) is 10.1 Å². The number of aliphatic hydroxyl groups is 1. The van der Waals surface area contributed by atoms with Crippen LogP contribution in [0.2, 0.25) is 0 Å². The first-order chi connectivity index (χ1) is 9.81. The van der Waals surface area contributed by atoms with E-state index in [1.165, 1.54) is 13.0 Å². The summed E-state index contributed by atoms with van der Waals surface area (Å²) in [6.45, 7) is 6.62. The molecular formula is C14H21FN2O4. The standard InChI is InChI=1S/C14H21FN2O4/c1-9(2)6-16-7-11(18)8-21-14-4-10(3)13(17(19)20)5-12(14)15/h4-5,9,11,16,18H,6-8H2,1-3H3. The van der Waals surface area contributed by atoms with Crippen LogP contribution in [-0.2, 0) is 0 Å². The third kappa shape index (κ3) is 5.65. The zero-order valence-corrected chi connectivity index (χ0v) is 12.4. The van der Waals surface area contributed by atoms with Crippen LogP contribution in [0.25, 0.3) is 0 Å². The lowest BCUT2D eigenvalue weighted by molar-refractivity contribution is -0.385. The number of benzene rings is 1. The van der Waals surface area contributed by atoms with Gasteiger partial charge in [-0.25, -0.2) is 4.39 Å². The Bertz CT molecular complexity index is 494. The molecule has 1 aromatic rings. The Hall–Kier alpha value is -1.73. The first kappa shape index (κ1) is 17.3. The van der Waals surface area contributed by atoms with Crippen LogP contribution in [0.4, 0.5) is 10.1 Å². The van der Waals surface area contributed by atoms with Crippen molar-refractivity contribution < 1.29 is 19.2 Å². The average molecular weight is 300 g/mol. The van der Waals surface area contributed by atoms with Gasteiger partial charge in [-0.2, -0.15) is 0 Å². The van der Waals surface area contributed by atoms with E-state index in [0.29, 0.717) is 18.0 Å². The van der Waals surface area contributed by atoms with Gasteiger partial charge in [0.1, 0.15) is 12.7 Å². The number of hydrogen-bond acceptors (Lipinski definition) is 5. The van der Waals surface area contributed by atoms with Gasteiger partial charge in [-0.05, 0) is 25.5 Å². The predicted molar refractivity (Wildman–Crippen MR) is 77.0 cm³/mol. The molecule has 0 fully saturated rings. The Morgan fingerprint density at radius 1 is 1.43 bits per heavy atom. The van der Waals surface area contributed by atoms with Crippen molar-refractivity contribution in [3.05, 3.63) is 33.6 Å². The summed E-state index contributed by atoms with van der Waals surface area (Å²) in [4.78, 5) is 10.0. The van der Waals surface area contributed by atoms with E-state index in [-0.39, 0.29) is 18.0 Å². The second-order valence-electron chi connectivity index (χ2n) is 5.34. The molecule has 1 rings (SSSR count). The van der Waals surface area contributed by atoms with Gasteiger partial charge in [0.2, 0.25) is 0 Å². The molecule has 1 atom stereocenters. The number of halogens is 1. The van der Waals surface area contributed by atoms with Crippen molar-refractivity contribution in [1.82, 2.24) is 5.32 Å². The van der Waals surface area contributed by atoms with Crippen LogP contribution in [0, 0.1) is 28.8 Å². The molecule has 21 heavy (non-hydrogen) atoms. The summed E-state index contributed by atoms with van der Waals surface area (Å²) in [6, 6.07) is 2.09. The minimum Gasteiger partial charge on any atom is -0.488 e. The average Bonchev–Trinajstić information content (AvgIpc) is 2.38. The van der Waals surface area contributed by atoms with Crippen molar-refractivity contribution in [2.24, 2.45) is 5.92 Å². The van der Waals surface area contributed by atoms with Crippen molar-refractivity contribution in [3.8, 4) is 5.75 Å². The van der Waals surface area contributed by atoms with Gasteiger partial charge in [0.15, 0.2) is 11.6 Å². The molecule has 2 N–H and O–H groups in total. The molecule has 0 saturated heterocycles. The number of nitrogens with one attached hydrogen (secondary N) is 1. The normalized spacial score (nSPS) is 12.5. The zero-order valence-electron chi connectivity index (χ0n) is 12.4. The Morgan fingerprint density at radius 3 is 2.67 bits per heavy atom. The summed E-state index contributed by atoms with van der Waals surface area (Å²) in [7, 11) is 0. The van der Waals surface area contributed by atoms with Crippen molar-refractivity contribution in [2.45, 2.75) is 26.9 Å². The summed E-state index contributed by atoms with van der Waals surface area (Å²) in [5.74, 6) is -0.441. The van der Waals surface area contributed by atoms with Gasteiger partial charge in [0.25, 0.3) is 5.69 Å². The molecule has 0 bridgehead atoms. The number of nitrogens with zero attached hydrogens (tertiary/aromatic N) is 1. The van der Waals surface area contributed by atoms with Crippen molar-refractivity contribution in [1.29, 1.82) is 0 Å². The number of nitro benzene ring substituents is 1. The number of aliphatic hydroxyl groups excluding tert-OH is 1. The second-order valence-corrected chi connectivity index (χ2v) is 5.34. The van der Waals surface area contributed by atoms with Crippen molar-refractivity contribution >= 4 is 5.69 Å². The van der Waals surface area contributed by atoms with Crippen LogP contribution in [-0.4, -0.2) is 35.8 Å². The fourth-order valence-electron chi connectivity index (χ4n) is 1.74. The summed E-state index contributed by atoms with van der Waals surface area (Å²) >= 11 is 0. The van der Waals surface area contributed by atoms with E-state index in [2.05, 4.69) is 5.32 Å². The maximum Gasteiger partial charge on any atom is 0.275 e. The van der Waals surface area contributed by atoms with E-state index in [0.717, 1.165) is 12.6 Å². The first-order valence-electron chi connectivity index (χ1n) is 6.77. The molecule has 0 aliphatic heterocycles. The molecular weight excluding hydrogens is 279 g/mol. The Kier molecular flexibility index (Phi) is 6.51. The van der Waals surface area contributed by atoms with E-state index >= 15 is 0 Å². The topological polar surface area (TPSA) is 84.6 Å². The Labute approximate surface area is 123 Å². The fraction of sp³-hybridized carbons (Fsp3) is 0.571. The minimum atomic E-state index is -0.811. The van der Waals surface area contributed by atoms with E-state index in [1.807, 2.05) is 13.8 Å². The summed E-state index contributed by atoms with van der Waals surface area (Å²) in [6.07, 6.45) is -0.779. The number of hydrogen-bond donors (Lipinski definition) is 2. The van der Waals surface area contributed by atoms with Crippen LogP contribution in [0.15, 0.2) is 12.1 Å². The molecule has 0 spiro atoms. The number of nitro groups is 1. The fourth-order valence-corrected chi connectivity index (χ4v) is 1.74. The van der Waals surface area contributed by atoms with Crippen LogP contribution < -0.4 is 10.1 Å². The Balaban J connectivity index is 2.55. The highest BCUT2D eigenvalue weighted by molar-refractivity contribution is 5.45. The number of aryl methyl sites for hydroxylation is 1. The smallest absolute Gasteiger partial charge is 0.275 e. The van der Waals surface area contributed by atoms with Crippen LogP contribution in [0.1, 0.15) is 19.4 Å². The van der Waals surface area contributed by atoms with E-state index < -0.39 is 16.8 Å². The highest BCUT2D eigenvalue weighted by atomic mass is 19.1. The molecule has 118 valence electrons. The lowest BCUT2D eigenvalue weighted by Gasteiger charge is -2.15. The van der Waals surface area contributed by atoms with Crippen LogP contribution >= 0.6 is 0 Å². The highest BCUT2D eigenvalue weighted by Gasteiger charge is 2.17.